The van der Waals surface area contributed by atoms with Crippen LogP contribution >= 0.6 is 0 Å². The van der Waals surface area contributed by atoms with Crippen LogP contribution in [0.3, 0.4) is 0 Å². The van der Waals surface area contributed by atoms with Crippen LogP contribution in [0.1, 0.15) is 5.56 Å². The summed E-state index contributed by atoms with van der Waals surface area (Å²) < 4.78 is 5.58. The first-order chi connectivity index (χ1) is 7.40. The van der Waals surface area contributed by atoms with E-state index in [0.29, 0.717) is 11.5 Å². The Morgan fingerprint density at radius 3 is 2.73 bits per heavy atom. The van der Waals surface area contributed by atoms with Crippen LogP contribution in [0.2, 0.25) is 0 Å². The minimum atomic E-state index is -0.0313. The minimum absolute atomic E-state index is 0.0313. The van der Waals surface area contributed by atoms with Crippen molar-refractivity contribution in [2.45, 2.75) is 6.61 Å². The van der Waals surface area contributed by atoms with E-state index in [0.717, 1.165) is 5.56 Å². The second kappa shape index (κ2) is 4.57. The number of pyridine rings is 1. The quantitative estimate of drug-likeness (QED) is 0.828. The Morgan fingerprint density at radius 1 is 1.13 bits per heavy atom. The van der Waals surface area contributed by atoms with Gasteiger partial charge in [-0.1, -0.05) is 18.2 Å². The van der Waals surface area contributed by atoms with E-state index < -0.39 is 0 Å². The predicted molar refractivity (Wildman–Crippen MR) is 56.7 cm³/mol. The van der Waals surface area contributed by atoms with Gasteiger partial charge in [0.25, 0.3) is 0 Å². The van der Waals surface area contributed by atoms with Crippen molar-refractivity contribution in [1.29, 1.82) is 0 Å². The molecule has 0 aliphatic rings. The molecule has 0 aliphatic carbocycles. The Labute approximate surface area is 88.0 Å². The zero-order valence-electron chi connectivity index (χ0n) is 8.13. The molecular formula is C12H11NO2. The highest BCUT2D eigenvalue weighted by atomic mass is 16.5. The summed E-state index contributed by atoms with van der Waals surface area (Å²) in [5.41, 5.74) is 0.765. The summed E-state index contributed by atoms with van der Waals surface area (Å²) >= 11 is 0. The number of benzene rings is 1. The largest absolute Gasteiger partial charge is 0.455 e. The molecule has 0 atom stereocenters. The van der Waals surface area contributed by atoms with Crippen LogP contribution in [0.5, 0.6) is 11.5 Å². The van der Waals surface area contributed by atoms with Gasteiger partial charge in [0.05, 0.1) is 12.8 Å². The van der Waals surface area contributed by atoms with E-state index in [4.69, 9.17) is 9.84 Å². The minimum Gasteiger partial charge on any atom is -0.455 e. The molecule has 2 rings (SSSR count). The van der Waals surface area contributed by atoms with Crippen molar-refractivity contribution in [3.63, 3.8) is 0 Å². The van der Waals surface area contributed by atoms with Gasteiger partial charge in [0, 0.05) is 11.8 Å². The Balaban J connectivity index is 2.24. The van der Waals surface area contributed by atoms with E-state index in [1.165, 1.54) is 0 Å². The third-order valence-corrected chi connectivity index (χ3v) is 2.01. The van der Waals surface area contributed by atoms with Crippen molar-refractivity contribution in [3.8, 4) is 11.5 Å². The van der Waals surface area contributed by atoms with Crippen molar-refractivity contribution in [3.05, 3.63) is 54.4 Å². The first-order valence-electron chi connectivity index (χ1n) is 4.67. The fraction of sp³-hybridized carbons (Fsp3) is 0.0833. The average Bonchev–Trinajstić information content (AvgIpc) is 2.31. The molecule has 0 fully saturated rings. The molecule has 1 aromatic carbocycles. The molecule has 3 heteroatoms. The van der Waals surface area contributed by atoms with Crippen molar-refractivity contribution in [1.82, 2.24) is 4.98 Å². The molecule has 76 valence electrons. The van der Waals surface area contributed by atoms with E-state index >= 15 is 0 Å². The van der Waals surface area contributed by atoms with Crippen LogP contribution in [0.15, 0.2) is 48.8 Å². The number of para-hydroxylation sites is 1. The summed E-state index contributed by atoms with van der Waals surface area (Å²) in [6, 6.07) is 11.0. The van der Waals surface area contributed by atoms with Gasteiger partial charge in [-0.3, -0.25) is 4.98 Å². The van der Waals surface area contributed by atoms with Gasteiger partial charge in [-0.15, -0.1) is 0 Å². The highest BCUT2D eigenvalue weighted by Gasteiger charge is 2.02. The number of hydrogen-bond acceptors (Lipinski definition) is 3. The van der Waals surface area contributed by atoms with E-state index in [1.807, 2.05) is 30.3 Å². The van der Waals surface area contributed by atoms with Gasteiger partial charge in [0.2, 0.25) is 0 Å². The lowest BCUT2D eigenvalue weighted by molar-refractivity contribution is 0.276. The molecule has 1 aromatic heterocycles. The lowest BCUT2D eigenvalue weighted by Crippen LogP contribution is -1.91. The zero-order chi connectivity index (χ0) is 10.5. The molecule has 0 unspecified atom stereocenters. The molecule has 0 spiro atoms. The maximum Gasteiger partial charge on any atom is 0.145 e. The second-order valence-electron chi connectivity index (χ2n) is 3.06. The number of aromatic nitrogens is 1. The molecule has 0 saturated heterocycles. The standard InChI is InChI=1S/C12H11NO2/c14-9-10-4-1-2-6-12(10)15-11-5-3-7-13-8-11/h1-8,14H,9H2. The van der Waals surface area contributed by atoms with Crippen molar-refractivity contribution in [2.24, 2.45) is 0 Å². The maximum absolute atomic E-state index is 9.10. The number of aliphatic hydroxyl groups is 1. The van der Waals surface area contributed by atoms with Crippen LogP contribution in [0.25, 0.3) is 0 Å². The molecule has 0 bridgehead atoms. The van der Waals surface area contributed by atoms with E-state index in [1.54, 1.807) is 18.5 Å². The van der Waals surface area contributed by atoms with Gasteiger partial charge in [0.15, 0.2) is 0 Å². The molecule has 0 saturated carbocycles. The smallest absolute Gasteiger partial charge is 0.145 e. The third-order valence-electron chi connectivity index (χ3n) is 2.01. The normalized spacial score (nSPS) is 9.93. The summed E-state index contributed by atoms with van der Waals surface area (Å²) in [5.74, 6) is 1.33. The molecule has 0 amide bonds. The molecule has 3 nitrogen and oxygen atoms in total. The topological polar surface area (TPSA) is 42.4 Å². The monoisotopic (exact) mass is 201 g/mol. The van der Waals surface area contributed by atoms with Crippen LogP contribution in [0.4, 0.5) is 0 Å². The summed E-state index contributed by atoms with van der Waals surface area (Å²) in [6.45, 7) is -0.0313. The molecule has 15 heavy (non-hydrogen) atoms. The second-order valence-corrected chi connectivity index (χ2v) is 3.06. The van der Waals surface area contributed by atoms with Gasteiger partial charge in [-0.2, -0.15) is 0 Å². The van der Waals surface area contributed by atoms with Crippen LogP contribution in [-0.4, -0.2) is 10.1 Å². The van der Waals surface area contributed by atoms with Crippen LogP contribution in [-0.2, 0) is 6.61 Å². The first kappa shape index (κ1) is 9.68. The summed E-state index contributed by atoms with van der Waals surface area (Å²) in [5, 5.41) is 9.10. The number of nitrogens with zero attached hydrogens (tertiary/aromatic N) is 1. The van der Waals surface area contributed by atoms with Gasteiger partial charge < -0.3 is 9.84 Å². The first-order valence-corrected chi connectivity index (χ1v) is 4.67. The molecule has 1 N–H and O–H groups in total. The lowest BCUT2D eigenvalue weighted by Gasteiger charge is -2.08. The Bertz CT molecular complexity index is 429. The zero-order valence-corrected chi connectivity index (χ0v) is 8.13. The number of ether oxygens (including phenoxy) is 1. The SMILES string of the molecule is OCc1ccccc1Oc1cccnc1. The fourth-order valence-corrected chi connectivity index (χ4v) is 1.27. The van der Waals surface area contributed by atoms with E-state index in [2.05, 4.69) is 4.98 Å². The number of rotatable bonds is 3. The highest BCUT2D eigenvalue weighted by Crippen LogP contribution is 2.24. The van der Waals surface area contributed by atoms with Gasteiger partial charge >= 0.3 is 0 Å². The molecule has 1 heterocycles. The van der Waals surface area contributed by atoms with Gasteiger partial charge in [0.1, 0.15) is 11.5 Å². The number of hydrogen-bond donors (Lipinski definition) is 1. The predicted octanol–water partition coefficient (Wildman–Crippen LogP) is 2.37. The van der Waals surface area contributed by atoms with Gasteiger partial charge in [-0.25, -0.2) is 0 Å². The highest BCUT2D eigenvalue weighted by molar-refractivity contribution is 5.36. The van der Waals surface area contributed by atoms with Crippen molar-refractivity contribution in [2.75, 3.05) is 0 Å². The molecular weight excluding hydrogens is 190 g/mol. The summed E-state index contributed by atoms with van der Waals surface area (Å²) in [4.78, 5) is 3.95. The molecule has 0 aliphatic heterocycles. The maximum atomic E-state index is 9.10. The van der Waals surface area contributed by atoms with E-state index in [9.17, 15) is 0 Å². The van der Waals surface area contributed by atoms with E-state index in [-0.39, 0.29) is 6.61 Å². The lowest BCUT2D eigenvalue weighted by atomic mass is 10.2. The van der Waals surface area contributed by atoms with Crippen molar-refractivity contribution < 1.29 is 9.84 Å². The van der Waals surface area contributed by atoms with Crippen LogP contribution < -0.4 is 4.74 Å². The van der Waals surface area contributed by atoms with Crippen LogP contribution in [0, 0.1) is 0 Å². The van der Waals surface area contributed by atoms with Crippen molar-refractivity contribution >= 4 is 0 Å². The average molecular weight is 201 g/mol. The fourth-order valence-electron chi connectivity index (χ4n) is 1.27. The third kappa shape index (κ3) is 2.33. The molecule has 0 radical (unpaired) electrons. The Kier molecular flexibility index (Phi) is 2.95. The number of aliphatic hydroxyl groups excluding tert-OH is 1. The Morgan fingerprint density at radius 2 is 2.00 bits per heavy atom. The summed E-state index contributed by atoms with van der Waals surface area (Å²) in [7, 11) is 0. The Hall–Kier alpha value is -1.87. The molecule has 2 aromatic rings. The van der Waals surface area contributed by atoms with Gasteiger partial charge in [-0.05, 0) is 18.2 Å². The summed E-state index contributed by atoms with van der Waals surface area (Å²) in [6.07, 6.45) is 3.32.